The Kier molecular flexibility index (Phi) is 4.36. The van der Waals surface area contributed by atoms with Gasteiger partial charge in [-0.15, -0.1) is 0 Å². The Balaban J connectivity index is 1.28. The molecule has 0 bridgehead atoms. The number of anilines is 1. The summed E-state index contributed by atoms with van der Waals surface area (Å²) in [6.45, 7) is 5.07. The minimum atomic E-state index is 0.614. The van der Waals surface area contributed by atoms with Crippen LogP contribution in [0.4, 0.5) is 5.69 Å². The Morgan fingerprint density at radius 1 is 1.26 bits per heavy atom. The predicted octanol–water partition coefficient (Wildman–Crippen LogP) is 2.60. The van der Waals surface area contributed by atoms with Crippen LogP contribution in [-0.4, -0.2) is 32.8 Å². The van der Waals surface area contributed by atoms with Crippen LogP contribution in [0, 0.1) is 5.92 Å². The van der Waals surface area contributed by atoms with Crippen molar-refractivity contribution in [3.05, 3.63) is 29.8 Å². The normalized spacial score (nSPS) is 21.2. The lowest BCUT2D eigenvalue weighted by Crippen LogP contribution is -2.24. The average molecular weight is 260 g/mol. The largest absolute Gasteiger partial charge is 0.384 e. The molecular formula is C16H24N2O. The van der Waals surface area contributed by atoms with Gasteiger partial charge in [0.2, 0.25) is 0 Å². The molecule has 1 aromatic rings. The quantitative estimate of drug-likeness (QED) is 0.705. The first-order valence-electron chi connectivity index (χ1n) is 7.55. The first-order chi connectivity index (χ1) is 9.43. The molecule has 1 heterocycles. The minimum Gasteiger partial charge on any atom is -0.384 e. The molecule has 19 heavy (non-hydrogen) atoms. The molecule has 1 saturated carbocycles. The number of fused-ring (bicyclic) bond motifs is 1. The number of ether oxygens (including phenoxy) is 1. The van der Waals surface area contributed by atoms with Gasteiger partial charge in [-0.05, 0) is 43.4 Å². The maximum atomic E-state index is 5.63. The van der Waals surface area contributed by atoms with Crippen LogP contribution < -0.4 is 10.6 Å². The third-order valence-electron chi connectivity index (χ3n) is 4.02. The monoisotopic (exact) mass is 260 g/mol. The van der Waals surface area contributed by atoms with Gasteiger partial charge < -0.3 is 15.4 Å². The highest BCUT2D eigenvalue weighted by Gasteiger charge is 2.21. The fourth-order valence-corrected chi connectivity index (χ4v) is 2.65. The van der Waals surface area contributed by atoms with Crippen LogP contribution in [0.3, 0.4) is 0 Å². The summed E-state index contributed by atoms with van der Waals surface area (Å²) < 4.78 is 5.63. The van der Waals surface area contributed by atoms with Crippen LogP contribution >= 0.6 is 0 Å². The van der Waals surface area contributed by atoms with E-state index in [2.05, 4.69) is 34.9 Å². The van der Waals surface area contributed by atoms with Crippen molar-refractivity contribution in [1.82, 2.24) is 5.32 Å². The molecule has 0 aromatic heterocycles. The fourth-order valence-electron chi connectivity index (χ4n) is 2.65. The van der Waals surface area contributed by atoms with Crippen LogP contribution in [0.2, 0.25) is 0 Å². The van der Waals surface area contributed by atoms with Gasteiger partial charge in [-0.1, -0.05) is 18.2 Å². The van der Waals surface area contributed by atoms with Crippen LogP contribution in [0.15, 0.2) is 24.3 Å². The van der Waals surface area contributed by atoms with E-state index in [1.165, 1.54) is 24.1 Å². The lowest BCUT2D eigenvalue weighted by molar-refractivity contribution is 0.122. The summed E-state index contributed by atoms with van der Waals surface area (Å²) >= 11 is 0. The Morgan fingerprint density at radius 3 is 3.05 bits per heavy atom. The van der Waals surface area contributed by atoms with Gasteiger partial charge >= 0.3 is 0 Å². The molecule has 1 aromatic carbocycles. The first-order valence-corrected chi connectivity index (χ1v) is 7.55. The summed E-state index contributed by atoms with van der Waals surface area (Å²) in [7, 11) is 0. The van der Waals surface area contributed by atoms with Crippen LogP contribution in [0.1, 0.15) is 30.7 Å². The third kappa shape index (κ3) is 3.71. The zero-order valence-corrected chi connectivity index (χ0v) is 11.5. The smallest absolute Gasteiger partial charge is 0.0494 e. The average Bonchev–Trinajstić information content (AvgIpc) is 3.18. The summed E-state index contributed by atoms with van der Waals surface area (Å²) in [5, 5.41) is 7.02. The van der Waals surface area contributed by atoms with Gasteiger partial charge in [0.25, 0.3) is 0 Å². The van der Waals surface area contributed by atoms with E-state index in [0.29, 0.717) is 5.92 Å². The molecule has 0 amide bonds. The molecule has 1 atom stereocenters. The van der Waals surface area contributed by atoms with Crippen LogP contribution in [-0.2, 0) is 4.74 Å². The molecule has 0 saturated heterocycles. The van der Waals surface area contributed by atoms with Crippen molar-refractivity contribution in [1.29, 1.82) is 0 Å². The second-order valence-electron chi connectivity index (χ2n) is 5.74. The minimum absolute atomic E-state index is 0.614. The number of hydrogen-bond donors (Lipinski definition) is 2. The Morgan fingerprint density at radius 2 is 2.16 bits per heavy atom. The maximum absolute atomic E-state index is 5.63. The molecule has 2 N–H and O–H groups in total. The maximum Gasteiger partial charge on any atom is 0.0494 e. The van der Waals surface area contributed by atoms with E-state index in [0.717, 1.165) is 45.2 Å². The summed E-state index contributed by atoms with van der Waals surface area (Å²) in [5.41, 5.74) is 2.77. The van der Waals surface area contributed by atoms with Crippen molar-refractivity contribution in [2.75, 3.05) is 38.2 Å². The molecule has 1 fully saturated rings. The molecule has 2 aliphatic rings. The van der Waals surface area contributed by atoms with E-state index in [1.54, 1.807) is 0 Å². The van der Waals surface area contributed by atoms with E-state index < -0.39 is 0 Å². The van der Waals surface area contributed by atoms with Crippen molar-refractivity contribution in [3.8, 4) is 0 Å². The third-order valence-corrected chi connectivity index (χ3v) is 4.02. The molecule has 3 heteroatoms. The first kappa shape index (κ1) is 12.9. The van der Waals surface area contributed by atoms with E-state index in [1.807, 2.05) is 0 Å². The van der Waals surface area contributed by atoms with E-state index in [4.69, 9.17) is 4.74 Å². The van der Waals surface area contributed by atoms with Gasteiger partial charge in [-0.2, -0.15) is 0 Å². The van der Waals surface area contributed by atoms with Crippen molar-refractivity contribution in [2.45, 2.75) is 25.2 Å². The summed E-state index contributed by atoms with van der Waals surface area (Å²) in [5.74, 6) is 1.50. The van der Waals surface area contributed by atoms with Crippen LogP contribution in [0.25, 0.3) is 0 Å². The number of nitrogens with one attached hydrogen (secondary N) is 2. The molecule has 0 spiro atoms. The number of benzene rings is 1. The molecule has 1 aliphatic carbocycles. The Labute approximate surface area is 115 Å². The van der Waals surface area contributed by atoms with Crippen LogP contribution in [0.5, 0.6) is 0 Å². The molecule has 3 rings (SSSR count). The Bertz CT molecular complexity index is 403. The van der Waals surface area contributed by atoms with Gasteiger partial charge in [0.1, 0.15) is 0 Å². The summed E-state index contributed by atoms with van der Waals surface area (Å²) in [6.07, 6.45) is 3.88. The van der Waals surface area contributed by atoms with Crippen molar-refractivity contribution in [3.63, 3.8) is 0 Å². The van der Waals surface area contributed by atoms with Gasteiger partial charge in [0.05, 0.1) is 0 Å². The predicted molar refractivity (Wildman–Crippen MR) is 78.7 cm³/mol. The number of para-hydroxylation sites is 1. The lowest BCUT2D eigenvalue weighted by Gasteiger charge is -2.11. The Hall–Kier alpha value is -1.06. The number of rotatable bonds is 8. The SMILES string of the molecule is c1ccc2c(c1)NCC2CNCCCOCC1CC1. The van der Waals surface area contributed by atoms with Crippen molar-refractivity contribution >= 4 is 5.69 Å². The topological polar surface area (TPSA) is 33.3 Å². The van der Waals surface area contributed by atoms with Gasteiger partial charge in [-0.3, -0.25) is 0 Å². The molecule has 3 nitrogen and oxygen atoms in total. The lowest BCUT2D eigenvalue weighted by atomic mass is 10.0. The standard InChI is InChI=1S/C16H24N2O/c1-2-5-16-15(4-1)14(11-18-16)10-17-8-3-9-19-12-13-6-7-13/h1-2,4-5,13-14,17-18H,3,6-12H2. The molecule has 1 unspecified atom stereocenters. The highest BCUT2D eigenvalue weighted by atomic mass is 16.5. The van der Waals surface area contributed by atoms with Gasteiger partial charge in [-0.25, -0.2) is 0 Å². The van der Waals surface area contributed by atoms with E-state index in [9.17, 15) is 0 Å². The zero-order chi connectivity index (χ0) is 12.9. The summed E-state index contributed by atoms with van der Waals surface area (Å²) in [4.78, 5) is 0. The van der Waals surface area contributed by atoms with E-state index in [-0.39, 0.29) is 0 Å². The highest BCUT2D eigenvalue weighted by molar-refractivity contribution is 5.57. The highest BCUT2D eigenvalue weighted by Crippen LogP contribution is 2.30. The van der Waals surface area contributed by atoms with Gasteiger partial charge in [0.15, 0.2) is 0 Å². The molecule has 104 valence electrons. The number of hydrogen-bond acceptors (Lipinski definition) is 3. The second-order valence-corrected chi connectivity index (χ2v) is 5.74. The second kappa shape index (κ2) is 6.40. The van der Waals surface area contributed by atoms with Crippen molar-refractivity contribution < 1.29 is 4.74 Å². The fraction of sp³-hybridized carbons (Fsp3) is 0.625. The van der Waals surface area contributed by atoms with E-state index >= 15 is 0 Å². The summed E-state index contributed by atoms with van der Waals surface area (Å²) in [6, 6.07) is 8.63. The molecular weight excluding hydrogens is 236 g/mol. The van der Waals surface area contributed by atoms with Gasteiger partial charge in [0, 0.05) is 37.9 Å². The zero-order valence-electron chi connectivity index (χ0n) is 11.5. The molecule has 1 aliphatic heterocycles. The molecule has 0 radical (unpaired) electrons. The van der Waals surface area contributed by atoms with Crippen molar-refractivity contribution in [2.24, 2.45) is 5.92 Å².